The van der Waals surface area contributed by atoms with Crippen molar-refractivity contribution in [3.63, 3.8) is 0 Å². The average molecular weight is 427 g/mol. The number of hydrogen-bond donors (Lipinski definition) is 1. The molecule has 2 aromatic carbocycles. The van der Waals surface area contributed by atoms with Crippen LogP contribution in [0, 0.1) is 6.92 Å². The normalized spacial score (nSPS) is 11.9. The Morgan fingerprint density at radius 3 is 2.27 bits per heavy atom. The number of aryl methyl sites for hydroxylation is 1. The Hall–Kier alpha value is -2.27. The van der Waals surface area contributed by atoms with Gasteiger partial charge >= 0.3 is 0 Å². The summed E-state index contributed by atoms with van der Waals surface area (Å²) in [6.07, 6.45) is 1.34. The first-order valence-corrected chi connectivity index (χ1v) is 11.8. The van der Waals surface area contributed by atoms with Crippen LogP contribution in [0.1, 0.15) is 43.9 Å². The molecule has 0 fully saturated rings. The lowest BCUT2D eigenvalue weighted by Crippen LogP contribution is -2.51. The molecular weight excluding hydrogens is 392 g/mol. The van der Waals surface area contributed by atoms with E-state index in [0.29, 0.717) is 18.7 Å². The number of hydrogen-bond acceptors (Lipinski definition) is 3. The number of carbonyl (C=O) groups is 2. The fourth-order valence-corrected chi connectivity index (χ4v) is 4.17. The third kappa shape index (κ3) is 7.86. The Balaban J connectivity index is 2.04. The zero-order chi connectivity index (χ0) is 21.9. The predicted octanol–water partition coefficient (Wildman–Crippen LogP) is 4.60. The van der Waals surface area contributed by atoms with Crippen LogP contribution in [-0.2, 0) is 21.8 Å². The molecule has 5 heteroatoms. The predicted molar refractivity (Wildman–Crippen MR) is 127 cm³/mol. The van der Waals surface area contributed by atoms with Crippen molar-refractivity contribution in [3.05, 3.63) is 71.3 Å². The molecule has 0 aliphatic heterocycles. The topological polar surface area (TPSA) is 49.4 Å². The Morgan fingerprint density at radius 1 is 1.00 bits per heavy atom. The fraction of sp³-hybridized carbons (Fsp3) is 0.440. The minimum absolute atomic E-state index is 0.0220. The lowest BCUT2D eigenvalue weighted by molar-refractivity contribution is -0.139. The number of benzene rings is 2. The zero-order valence-corrected chi connectivity index (χ0v) is 19.4. The molecule has 0 aliphatic rings. The lowest BCUT2D eigenvalue weighted by Gasteiger charge is -2.31. The third-order valence-electron chi connectivity index (χ3n) is 4.92. The van der Waals surface area contributed by atoms with Gasteiger partial charge in [0.1, 0.15) is 6.04 Å². The summed E-state index contributed by atoms with van der Waals surface area (Å²) >= 11 is 1.60. The van der Waals surface area contributed by atoms with Gasteiger partial charge in [-0.2, -0.15) is 0 Å². The first-order valence-electron chi connectivity index (χ1n) is 10.7. The van der Waals surface area contributed by atoms with E-state index in [9.17, 15) is 9.59 Å². The quantitative estimate of drug-likeness (QED) is 0.571. The molecule has 30 heavy (non-hydrogen) atoms. The van der Waals surface area contributed by atoms with Gasteiger partial charge in [-0.3, -0.25) is 9.59 Å². The highest BCUT2D eigenvalue weighted by Gasteiger charge is 2.28. The van der Waals surface area contributed by atoms with Crippen molar-refractivity contribution in [2.75, 3.05) is 12.3 Å². The third-order valence-corrected chi connectivity index (χ3v) is 5.90. The van der Waals surface area contributed by atoms with E-state index in [0.717, 1.165) is 12.2 Å². The molecule has 0 saturated heterocycles. The van der Waals surface area contributed by atoms with E-state index in [1.54, 1.807) is 16.7 Å². The summed E-state index contributed by atoms with van der Waals surface area (Å²) in [5.74, 6) is 1.10. The first kappa shape index (κ1) is 24.0. The van der Waals surface area contributed by atoms with E-state index >= 15 is 0 Å². The van der Waals surface area contributed by atoms with Gasteiger partial charge in [0.2, 0.25) is 11.8 Å². The van der Waals surface area contributed by atoms with Gasteiger partial charge in [-0.05, 0) is 44.7 Å². The Kier molecular flexibility index (Phi) is 9.95. The molecule has 2 amide bonds. The average Bonchev–Trinajstić information content (AvgIpc) is 2.72. The number of carbonyl (C=O) groups excluding carboxylic acids is 2. The number of thioether (sulfide) groups is 1. The summed E-state index contributed by atoms with van der Waals surface area (Å²) in [6, 6.07) is 18.1. The van der Waals surface area contributed by atoms with Gasteiger partial charge in [0.05, 0.1) is 5.75 Å². The number of rotatable bonds is 11. The second-order valence-electron chi connectivity index (χ2n) is 7.89. The van der Waals surface area contributed by atoms with Crippen LogP contribution in [0.5, 0.6) is 0 Å². The highest BCUT2D eigenvalue weighted by atomic mass is 32.2. The van der Waals surface area contributed by atoms with E-state index in [1.165, 1.54) is 16.7 Å². The van der Waals surface area contributed by atoms with Crippen molar-refractivity contribution in [2.45, 2.75) is 58.4 Å². The molecule has 0 spiro atoms. The molecule has 0 unspecified atom stereocenters. The van der Waals surface area contributed by atoms with Gasteiger partial charge in [-0.25, -0.2) is 0 Å². The van der Waals surface area contributed by atoms with Crippen LogP contribution in [0.3, 0.4) is 0 Å². The van der Waals surface area contributed by atoms with Gasteiger partial charge in [0, 0.05) is 18.3 Å². The van der Waals surface area contributed by atoms with E-state index in [1.807, 2.05) is 39.0 Å². The van der Waals surface area contributed by atoms with Crippen molar-refractivity contribution in [1.82, 2.24) is 10.2 Å². The summed E-state index contributed by atoms with van der Waals surface area (Å²) in [5.41, 5.74) is 3.61. The number of amides is 2. The standard InChI is InChI=1S/C25H34N2O2S/c1-5-23(25(29)26-19(2)3)27(16-15-21-9-7-6-8-10-21)24(28)18-30-17-22-13-11-20(4)12-14-22/h6-14,19,23H,5,15-18H2,1-4H3,(H,26,29)/t23-/m0/s1. The van der Waals surface area contributed by atoms with Crippen molar-refractivity contribution >= 4 is 23.6 Å². The van der Waals surface area contributed by atoms with Crippen LogP contribution in [0.25, 0.3) is 0 Å². The van der Waals surface area contributed by atoms with Crippen LogP contribution < -0.4 is 5.32 Å². The van der Waals surface area contributed by atoms with Gasteiger partial charge < -0.3 is 10.2 Å². The molecule has 0 saturated carbocycles. The maximum atomic E-state index is 13.1. The van der Waals surface area contributed by atoms with Crippen LogP contribution in [0.2, 0.25) is 0 Å². The second-order valence-corrected chi connectivity index (χ2v) is 8.87. The SMILES string of the molecule is CC[C@@H](C(=O)NC(C)C)N(CCc1ccccc1)C(=O)CSCc1ccc(C)cc1. The minimum Gasteiger partial charge on any atom is -0.352 e. The molecule has 4 nitrogen and oxygen atoms in total. The van der Waals surface area contributed by atoms with Crippen molar-refractivity contribution in [3.8, 4) is 0 Å². The second kappa shape index (κ2) is 12.4. The van der Waals surface area contributed by atoms with Crippen molar-refractivity contribution in [1.29, 1.82) is 0 Å². The molecule has 1 atom stereocenters. The summed E-state index contributed by atoms with van der Waals surface area (Å²) in [6.45, 7) is 8.46. The summed E-state index contributed by atoms with van der Waals surface area (Å²) in [4.78, 5) is 27.7. The fourth-order valence-electron chi connectivity index (χ4n) is 3.30. The van der Waals surface area contributed by atoms with Crippen LogP contribution in [-0.4, -0.2) is 41.1 Å². The van der Waals surface area contributed by atoms with Crippen LogP contribution in [0.15, 0.2) is 54.6 Å². The van der Waals surface area contributed by atoms with Gasteiger partial charge in [0.15, 0.2) is 0 Å². The lowest BCUT2D eigenvalue weighted by atomic mass is 10.1. The monoisotopic (exact) mass is 426 g/mol. The summed E-state index contributed by atoms with van der Waals surface area (Å²) in [5, 5.41) is 2.97. The van der Waals surface area contributed by atoms with Gasteiger partial charge in [0.25, 0.3) is 0 Å². The zero-order valence-electron chi connectivity index (χ0n) is 18.6. The number of nitrogens with zero attached hydrogens (tertiary/aromatic N) is 1. The van der Waals surface area contributed by atoms with Gasteiger partial charge in [-0.15, -0.1) is 11.8 Å². The van der Waals surface area contributed by atoms with Crippen LogP contribution in [0.4, 0.5) is 0 Å². The molecule has 0 aromatic heterocycles. The van der Waals surface area contributed by atoms with E-state index in [4.69, 9.17) is 0 Å². The Morgan fingerprint density at radius 2 is 1.67 bits per heavy atom. The molecule has 2 rings (SSSR count). The molecular formula is C25H34N2O2S. The van der Waals surface area contributed by atoms with E-state index in [-0.39, 0.29) is 17.9 Å². The number of nitrogens with one attached hydrogen (secondary N) is 1. The minimum atomic E-state index is -0.441. The van der Waals surface area contributed by atoms with Gasteiger partial charge in [-0.1, -0.05) is 67.1 Å². The molecule has 0 radical (unpaired) electrons. The van der Waals surface area contributed by atoms with E-state index < -0.39 is 6.04 Å². The summed E-state index contributed by atoms with van der Waals surface area (Å²) in [7, 11) is 0. The van der Waals surface area contributed by atoms with E-state index in [2.05, 4.69) is 48.6 Å². The molecule has 162 valence electrons. The smallest absolute Gasteiger partial charge is 0.242 e. The van der Waals surface area contributed by atoms with Crippen LogP contribution >= 0.6 is 11.8 Å². The Labute approximate surface area is 185 Å². The first-order chi connectivity index (χ1) is 14.4. The van der Waals surface area contributed by atoms with Crippen molar-refractivity contribution in [2.24, 2.45) is 0 Å². The van der Waals surface area contributed by atoms with Crippen molar-refractivity contribution < 1.29 is 9.59 Å². The molecule has 1 N–H and O–H groups in total. The maximum absolute atomic E-state index is 13.1. The maximum Gasteiger partial charge on any atom is 0.242 e. The molecule has 0 bridgehead atoms. The molecule has 0 aliphatic carbocycles. The molecule has 0 heterocycles. The highest BCUT2D eigenvalue weighted by Crippen LogP contribution is 2.16. The Bertz CT molecular complexity index is 791. The summed E-state index contributed by atoms with van der Waals surface area (Å²) < 4.78 is 0. The molecule has 2 aromatic rings. The largest absolute Gasteiger partial charge is 0.352 e. The highest BCUT2D eigenvalue weighted by molar-refractivity contribution is 7.99.